The summed E-state index contributed by atoms with van der Waals surface area (Å²) in [6, 6.07) is 11.5. The van der Waals surface area contributed by atoms with E-state index < -0.39 is 6.67 Å². The van der Waals surface area contributed by atoms with E-state index in [4.69, 9.17) is 4.74 Å². The molecule has 0 fully saturated rings. The Bertz CT molecular complexity index is 490. The fourth-order valence-electron chi connectivity index (χ4n) is 1.41. The van der Waals surface area contributed by atoms with E-state index in [1.165, 1.54) is 0 Å². The first-order valence-corrected chi connectivity index (χ1v) is 5.96. The van der Waals surface area contributed by atoms with Crippen LogP contribution in [0, 0.1) is 0 Å². The van der Waals surface area contributed by atoms with E-state index in [0.717, 1.165) is 10.0 Å². The Kier molecular flexibility index (Phi) is 4.09. The Morgan fingerprint density at radius 3 is 2.71 bits per heavy atom. The van der Waals surface area contributed by atoms with Gasteiger partial charge in [-0.2, -0.15) is 0 Å². The number of nitrogens with zero attached hydrogens (tertiary/aromatic N) is 1. The molecule has 1 aromatic carbocycles. The van der Waals surface area contributed by atoms with Gasteiger partial charge in [-0.3, -0.25) is 4.98 Å². The zero-order valence-corrected chi connectivity index (χ0v) is 10.7. The lowest BCUT2D eigenvalue weighted by Crippen LogP contribution is -1.99. The fraction of sp³-hybridized carbons (Fsp3) is 0.154. The van der Waals surface area contributed by atoms with Crippen molar-refractivity contribution in [3.63, 3.8) is 0 Å². The molecular formula is C13H11BrFNO. The lowest BCUT2D eigenvalue weighted by atomic mass is 10.2. The van der Waals surface area contributed by atoms with Gasteiger partial charge in [-0.05, 0) is 27.6 Å². The number of hydrogen-bond donors (Lipinski definition) is 0. The predicted molar refractivity (Wildman–Crippen MR) is 67.5 cm³/mol. The molecular weight excluding hydrogens is 285 g/mol. The van der Waals surface area contributed by atoms with Crippen LogP contribution in [-0.4, -0.2) is 4.98 Å². The van der Waals surface area contributed by atoms with Crippen molar-refractivity contribution in [3.05, 3.63) is 58.3 Å². The fourth-order valence-corrected chi connectivity index (χ4v) is 1.72. The van der Waals surface area contributed by atoms with E-state index in [1.807, 2.05) is 30.3 Å². The molecule has 88 valence electrons. The third-order valence-electron chi connectivity index (χ3n) is 2.26. The summed E-state index contributed by atoms with van der Waals surface area (Å²) in [5.41, 5.74) is 1.36. The number of ether oxygens (including phenoxy) is 1. The Morgan fingerprint density at radius 1 is 1.24 bits per heavy atom. The van der Waals surface area contributed by atoms with Gasteiger partial charge < -0.3 is 4.74 Å². The van der Waals surface area contributed by atoms with Crippen molar-refractivity contribution < 1.29 is 9.13 Å². The van der Waals surface area contributed by atoms with Gasteiger partial charge in [0.05, 0.1) is 0 Å². The first-order chi connectivity index (χ1) is 8.29. The van der Waals surface area contributed by atoms with E-state index >= 15 is 0 Å². The molecule has 2 nitrogen and oxygen atoms in total. The van der Waals surface area contributed by atoms with Gasteiger partial charge in [0.2, 0.25) is 0 Å². The van der Waals surface area contributed by atoms with Crippen molar-refractivity contribution in [1.29, 1.82) is 0 Å². The van der Waals surface area contributed by atoms with Crippen LogP contribution < -0.4 is 4.74 Å². The molecule has 0 atom stereocenters. The average molecular weight is 296 g/mol. The number of rotatable bonds is 4. The second kappa shape index (κ2) is 5.77. The largest absolute Gasteiger partial charge is 0.487 e. The quantitative estimate of drug-likeness (QED) is 0.854. The molecule has 0 amide bonds. The maximum absolute atomic E-state index is 12.7. The second-order valence-corrected chi connectivity index (χ2v) is 4.42. The first-order valence-electron chi connectivity index (χ1n) is 5.16. The highest BCUT2D eigenvalue weighted by Gasteiger charge is 2.06. The van der Waals surface area contributed by atoms with Crippen LogP contribution in [0.4, 0.5) is 4.39 Å². The normalized spacial score (nSPS) is 10.2. The van der Waals surface area contributed by atoms with Crippen molar-refractivity contribution >= 4 is 15.9 Å². The highest BCUT2D eigenvalue weighted by atomic mass is 79.9. The van der Waals surface area contributed by atoms with Gasteiger partial charge >= 0.3 is 0 Å². The Hall–Kier alpha value is -1.42. The minimum atomic E-state index is -0.628. The minimum Gasteiger partial charge on any atom is -0.487 e. The van der Waals surface area contributed by atoms with Gasteiger partial charge in [-0.15, -0.1) is 0 Å². The molecule has 2 aromatic rings. The molecule has 0 saturated carbocycles. The number of aromatic nitrogens is 1. The molecule has 1 heterocycles. The second-order valence-electron chi connectivity index (χ2n) is 3.51. The molecule has 4 heteroatoms. The topological polar surface area (TPSA) is 22.1 Å². The number of halogens is 2. The van der Waals surface area contributed by atoms with Gasteiger partial charge in [-0.25, -0.2) is 4.39 Å². The number of hydrogen-bond acceptors (Lipinski definition) is 2. The summed E-state index contributed by atoms with van der Waals surface area (Å²) in [6.45, 7) is -0.219. The van der Waals surface area contributed by atoms with Crippen molar-refractivity contribution in [2.45, 2.75) is 13.3 Å². The molecule has 0 aliphatic rings. The van der Waals surface area contributed by atoms with Crippen molar-refractivity contribution in [3.8, 4) is 5.75 Å². The molecule has 0 radical (unpaired) electrons. The van der Waals surface area contributed by atoms with E-state index in [1.54, 1.807) is 12.3 Å². The first kappa shape index (κ1) is 12.0. The zero-order valence-electron chi connectivity index (χ0n) is 9.07. The summed E-state index contributed by atoms with van der Waals surface area (Å²) in [5, 5.41) is 0. The molecule has 2 rings (SSSR count). The summed E-state index contributed by atoms with van der Waals surface area (Å²) in [5.74, 6) is 0.478. The molecule has 0 aliphatic heterocycles. The number of benzene rings is 1. The summed E-state index contributed by atoms with van der Waals surface area (Å²) in [6.07, 6.45) is 1.56. The number of alkyl halides is 1. The molecule has 17 heavy (non-hydrogen) atoms. The molecule has 0 unspecified atom stereocenters. The van der Waals surface area contributed by atoms with Crippen molar-refractivity contribution in [1.82, 2.24) is 4.98 Å². The molecule has 0 N–H and O–H groups in total. The molecule has 0 spiro atoms. The summed E-state index contributed by atoms with van der Waals surface area (Å²) >= 11 is 3.29. The minimum absolute atomic E-state index is 0.323. The third kappa shape index (κ3) is 3.27. The summed E-state index contributed by atoms with van der Waals surface area (Å²) in [4.78, 5) is 3.96. The van der Waals surface area contributed by atoms with Crippen LogP contribution in [-0.2, 0) is 13.3 Å². The molecule has 1 aromatic heterocycles. The molecule has 0 saturated heterocycles. The van der Waals surface area contributed by atoms with Gasteiger partial charge in [-0.1, -0.05) is 30.3 Å². The Labute approximate surface area is 108 Å². The zero-order chi connectivity index (χ0) is 12.1. The van der Waals surface area contributed by atoms with Crippen LogP contribution in [0.2, 0.25) is 0 Å². The maximum Gasteiger partial charge on any atom is 0.145 e. The lowest BCUT2D eigenvalue weighted by molar-refractivity contribution is 0.295. The van der Waals surface area contributed by atoms with E-state index in [9.17, 15) is 4.39 Å². The smallest absolute Gasteiger partial charge is 0.145 e. The van der Waals surface area contributed by atoms with Crippen LogP contribution in [0.1, 0.15) is 11.3 Å². The van der Waals surface area contributed by atoms with Crippen LogP contribution in [0.5, 0.6) is 5.75 Å². The van der Waals surface area contributed by atoms with Crippen molar-refractivity contribution in [2.75, 3.05) is 0 Å². The predicted octanol–water partition coefficient (Wildman–Crippen LogP) is 3.89. The van der Waals surface area contributed by atoms with Crippen LogP contribution in [0.3, 0.4) is 0 Å². The summed E-state index contributed by atoms with van der Waals surface area (Å²) in [7, 11) is 0. The van der Waals surface area contributed by atoms with Crippen LogP contribution >= 0.6 is 15.9 Å². The van der Waals surface area contributed by atoms with Gasteiger partial charge in [0.1, 0.15) is 24.7 Å². The monoisotopic (exact) mass is 295 g/mol. The van der Waals surface area contributed by atoms with Crippen LogP contribution in [0.15, 0.2) is 47.1 Å². The average Bonchev–Trinajstić information content (AvgIpc) is 2.38. The highest BCUT2D eigenvalue weighted by Crippen LogP contribution is 2.23. The lowest BCUT2D eigenvalue weighted by Gasteiger charge is -2.09. The summed E-state index contributed by atoms with van der Waals surface area (Å²) < 4.78 is 19.0. The maximum atomic E-state index is 12.7. The van der Waals surface area contributed by atoms with Gasteiger partial charge in [0.25, 0.3) is 0 Å². The standard InChI is InChI=1S/C13H11BrFNO/c14-11-6-13(12(7-15)16-8-11)17-9-10-4-2-1-3-5-10/h1-6,8H,7,9H2. The van der Waals surface area contributed by atoms with E-state index in [2.05, 4.69) is 20.9 Å². The SMILES string of the molecule is FCc1ncc(Br)cc1OCc1ccccc1. The molecule has 0 bridgehead atoms. The number of pyridine rings is 1. The Morgan fingerprint density at radius 2 is 2.00 bits per heavy atom. The van der Waals surface area contributed by atoms with Gasteiger partial charge in [0, 0.05) is 10.7 Å². The van der Waals surface area contributed by atoms with Crippen LogP contribution in [0.25, 0.3) is 0 Å². The van der Waals surface area contributed by atoms with E-state index in [0.29, 0.717) is 18.1 Å². The molecule has 0 aliphatic carbocycles. The highest BCUT2D eigenvalue weighted by molar-refractivity contribution is 9.10. The third-order valence-corrected chi connectivity index (χ3v) is 2.69. The van der Waals surface area contributed by atoms with Gasteiger partial charge in [0.15, 0.2) is 0 Å². The van der Waals surface area contributed by atoms with Crippen molar-refractivity contribution in [2.24, 2.45) is 0 Å². The van der Waals surface area contributed by atoms with E-state index in [-0.39, 0.29) is 0 Å². The Balaban J connectivity index is 2.11.